The molecule has 11 heteroatoms. The number of hydrogen-bond donors (Lipinski definition) is 2. The fourth-order valence-corrected chi connectivity index (χ4v) is 4.83. The molecule has 0 saturated carbocycles. The molecule has 0 saturated heterocycles. The second kappa shape index (κ2) is 12.6. The summed E-state index contributed by atoms with van der Waals surface area (Å²) in [6.07, 6.45) is 0. The van der Waals surface area contributed by atoms with E-state index in [0.29, 0.717) is 5.56 Å². The quantitative estimate of drug-likeness (QED) is 0.438. The van der Waals surface area contributed by atoms with Crippen molar-refractivity contribution in [1.29, 1.82) is 0 Å². The molecule has 0 unspecified atom stereocenters. The third-order valence-corrected chi connectivity index (χ3v) is 7.49. The Labute approximate surface area is 211 Å². The number of nitrogens with zero attached hydrogens (tertiary/aromatic N) is 1. The van der Waals surface area contributed by atoms with Crippen LogP contribution < -0.4 is 10.6 Å². The van der Waals surface area contributed by atoms with Crippen LogP contribution in [0.4, 0.5) is 10.1 Å². The first-order valence-corrected chi connectivity index (χ1v) is 13.0. The van der Waals surface area contributed by atoms with Gasteiger partial charge in [-0.05, 0) is 48.7 Å². The Kier molecular flexibility index (Phi) is 10.1. The van der Waals surface area contributed by atoms with Gasteiger partial charge in [-0.25, -0.2) is 17.6 Å². The Morgan fingerprint density at radius 2 is 1.72 bits per heavy atom. The molecule has 1 atom stereocenters. The summed E-state index contributed by atoms with van der Waals surface area (Å²) >= 11 is 0. The van der Waals surface area contributed by atoms with Gasteiger partial charge in [0.25, 0.3) is 11.8 Å². The normalized spacial score (nSPS) is 12.3. The molecule has 0 radical (unpaired) electrons. The van der Waals surface area contributed by atoms with Gasteiger partial charge in [0.15, 0.2) is 6.61 Å². The first kappa shape index (κ1) is 28.9. The van der Waals surface area contributed by atoms with Gasteiger partial charge < -0.3 is 15.4 Å². The predicted octanol–water partition coefficient (Wildman–Crippen LogP) is 3.10. The average molecular weight is 522 g/mol. The maximum Gasteiger partial charge on any atom is 0.329 e. The SMILES string of the molecule is CCN(CC)S(=O)(=O)c1cccc(C(=O)N[C@H](C(=O)OCC(=O)Nc2ccc(C)c(F)c2)C(C)C)c1. The predicted molar refractivity (Wildman–Crippen MR) is 133 cm³/mol. The monoisotopic (exact) mass is 521 g/mol. The molecule has 0 bridgehead atoms. The van der Waals surface area contributed by atoms with Crippen LogP contribution in [-0.4, -0.2) is 56.2 Å². The molecule has 0 spiro atoms. The molecule has 9 nitrogen and oxygen atoms in total. The van der Waals surface area contributed by atoms with Gasteiger partial charge in [0, 0.05) is 24.3 Å². The van der Waals surface area contributed by atoms with Crippen molar-refractivity contribution in [3.8, 4) is 0 Å². The van der Waals surface area contributed by atoms with Crippen molar-refractivity contribution in [3.63, 3.8) is 0 Å². The third kappa shape index (κ3) is 7.34. The molecule has 36 heavy (non-hydrogen) atoms. The zero-order valence-corrected chi connectivity index (χ0v) is 21.8. The Balaban J connectivity index is 2.06. The van der Waals surface area contributed by atoms with E-state index in [1.54, 1.807) is 34.6 Å². The average Bonchev–Trinajstić information content (AvgIpc) is 2.83. The lowest BCUT2D eigenvalue weighted by atomic mass is 10.0. The van der Waals surface area contributed by atoms with Crippen LogP contribution in [0.3, 0.4) is 0 Å². The highest BCUT2D eigenvalue weighted by Gasteiger charge is 2.28. The van der Waals surface area contributed by atoms with Crippen LogP contribution in [0.25, 0.3) is 0 Å². The fourth-order valence-electron chi connectivity index (χ4n) is 3.33. The molecule has 0 aliphatic rings. The number of esters is 1. The van der Waals surface area contributed by atoms with Crippen molar-refractivity contribution in [2.45, 2.75) is 45.6 Å². The summed E-state index contributed by atoms with van der Waals surface area (Å²) in [6, 6.07) is 8.62. The van der Waals surface area contributed by atoms with Gasteiger partial charge in [0.05, 0.1) is 4.90 Å². The molecule has 0 aliphatic carbocycles. The number of ether oxygens (including phenoxy) is 1. The number of halogens is 1. The number of carbonyl (C=O) groups is 3. The summed E-state index contributed by atoms with van der Waals surface area (Å²) in [5.41, 5.74) is 0.694. The van der Waals surface area contributed by atoms with Crippen LogP contribution >= 0.6 is 0 Å². The minimum absolute atomic E-state index is 0.0354. The fraction of sp³-hybridized carbons (Fsp3) is 0.400. The van der Waals surface area contributed by atoms with Crippen LogP contribution in [0.1, 0.15) is 43.6 Å². The van der Waals surface area contributed by atoms with Gasteiger partial charge in [-0.1, -0.05) is 39.8 Å². The second-order valence-corrected chi connectivity index (χ2v) is 10.4. The lowest BCUT2D eigenvalue weighted by molar-refractivity contribution is -0.150. The molecule has 2 amide bonds. The van der Waals surface area contributed by atoms with Crippen LogP contribution in [0.2, 0.25) is 0 Å². The van der Waals surface area contributed by atoms with E-state index in [0.717, 1.165) is 6.07 Å². The van der Waals surface area contributed by atoms with Crippen molar-refractivity contribution >= 4 is 33.5 Å². The number of amides is 2. The highest BCUT2D eigenvalue weighted by molar-refractivity contribution is 7.89. The number of nitrogens with one attached hydrogen (secondary N) is 2. The minimum Gasteiger partial charge on any atom is -0.454 e. The first-order chi connectivity index (χ1) is 16.9. The second-order valence-electron chi connectivity index (χ2n) is 8.43. The summed E-state index contributed by atoms with van der Waals surface area (Å²) < 4.78 is 45.6. The molecule has 0 heterocycles. The number of aryl methyl sites for hydroxylation is 1. The number of benzene rings is 2. The Hall–Kier alpha value is -3.31. The van der Waals surface area contributed by atoms with Crippen LogP contribution in [-0.2, 0) is 24.3 Å². The van der Waals surface area contributed by atoms with E-state index < -0.39 is 52.2 Å². The largest absolute Gasteiger partial charge is 0.454 e. The lowest BCUT2D eigenvalue weighted by Gasteiger charge is -2.21. The highest BCUT2D eigenvalue weighted by Crippen LogP contribution is 2.18. The number of rotatable bonds is 11. The Bertz CT molecular complexity index is 1210. The number of sulfonamides is 1. The van der Waals surface area contributed by atoms with E-state index in [1.165, 1.54) is 40.7 Å². The molecule has 2 aromatic carbocycles. The van der Waals surface area contributed by atoms with Crippen LogP contribution in [0, 0.1) is 18.7 Å². The maximum atomic E-state index is 13.7. The number of anilines is 1. The standard InChI is InChI=1S/C25H32FN3O6S/c1-6-29(7-2)36(33,34)20-10-8-9-18(13-20)24(31)28-23(16(3)4)25(32)35-15-22(30)27-19-12-11-17(5)21(26)14-19/h8-14,16,23H,6-7,15H2,1-5H3,(H,27,30)(H,28,31)/t23-/m0/s1. The van der Waals surface area contributed by atoms with E-state index in [4.69, 9.17) is 4.74 Å². The van der Waals surface area contributed by atoms with Crippen molar-refractivity contribution in [1.82, 2.24) is 9.62 Å². The molecule has 0 aromatic heterocycles. The van der Waals surface area contributed by atoms with Crippen LogP contribution in [0.5, 0.6) is 0 Å². The zero-order valence-electron chi connectivity index (χ0n) is 21.0. The van der Waals surface area contributed by atoms with Crippen molar-refractivity contribution < 1.29 is 31.9 Å². The molecule has 2 N–H and O–H groups in total. The summed E-state index contributed by atoms with van der Waals surface area (Å²) in [4.78, 5) is 37.6. The number of hydrogen-bond acceptors (Lipinski definition) is 6. The van der Waals surface area contributed by atoms with Crippen molar-refractivity contribution in [2.75, 3.05) is 25.0 Å². The van der Waals surface area contributed by atoms with E-state index in [1.807, 2.05) is 0 Å². The molecule has 2 rings (SSSR count). The van der Waals surface area contributed by atoms with Gasteiger partial charge >= 0.3 is 5.97 Å². The first-order valence-electron chi connectivity index (χ1n) is 11.5. The molecule has 2 aromatic rings. The molecule has 196 valence electrons. The molecule has 0 fully saturated rings. The topological polar surface area (TPSA) is 122 Å². The molecular formula is C25H32FN3O6S. The van der Waals surface area contributed by atoms with E-state index in [2.05, 4.69) is 10.6 Å². The zero-order chi connectivity index (χ0) is 27.0. The van der Waals surface area contributed by atoms with Gasteiger partial charge in [0.1, 0.15) is 11.9 Å². The van der Waals surface area contributed by atoms with E-state index in [-0.39, 0.29) is 29.2 Å². The van der Waals surface area contributed by atoms with Crippen molar-refractivity contribution in [3.05, 3.63) is 59.4 Å². The van der Waals surface area contributed by atoms with Gasteiger partial charge in [-0.15, -0.1) is 0 Å². The molecular weight excluding hydrogens is 489 g/mol. The van der Waals surface area contributed by atoms with Crippen molar-refractivity contribution in [2.24, 2.45) is 5.92 Å². The summed E-state index contributed by atoms with van der Waals surface area (Å²) in [7, 11) is -3.77. The number of carbonyl (C=O) groups excluding carboxylic acids is 3. The summed E-state index contributed by atoms with van der Waals surface area (Å²) in [5.74, 6) is -3.05. The van der Waals surface area contributed by atoms with Gasteiger partial charge in [-0.3, -0.25) is 9.59 Å². The summed E-state index contributed by atoms with van der Waals surface area (Å²) in [6.45, 7) is 8.32. The van der Waals surface area contributed by atoms with Gasteiger partial charge in [-0.2, -0.15) is 4.31 Å². The summed E-state index contributed by atoms with van der Waals surface area (Å²) in [5, 5.41) is 4.99. The van der Waals surface area contributed by atoms with E-state index in [9.17, 15) is 27.2 Å². The minimum atomic E-state index is -3.77. The highest BCUT2D eigenvalue weighted by atomic mass is 32.2. The lowest BCUT2D eigenvalue weighted by Crippen LogP contribution is -2.46. The smallest absolute Gasteiger partial charge is 0.329 e. The Morgan fingerprint density at radius 3 is 2.31 bits per heavy atom. The Morgan fingerprint density at radius 1 is 1.06 bits per heavy atom. The third-order valence-electron chi connectivity index (χ3n) is 5.45. The maximum absolute atomic E-state index is 13.7. The van der Waals surface area contributed by atoms with Gasteiger partial charge in [0.2, 0.25) is 10.0 Å². The van der Waals surface area contributed by atoms with E-state index >= 15 is 0 Å². The van der Waals surface area contributed by atoms with Crippen LogP contribution in [0.15, 0.2) is 47.4 Å². The molecule has 0 aliphatic heterocycles.